The molecule has 1 rings (SSSR count). The molecule has 0 saturated carbocycles. The summed E-state index contributed by atoms with van der Waals surface area (Å²) in [6.07, 6.45) is 0. The molecule has 0 atom stereocenters. The fraction of sp³-hybridized carbons (Fsp3) is 0. The van der Waals surface area contributed by atoms with Gasteiger partial charge in [-0.15, -0.1) is 0 Å². The topological polar surface area (TPSA) is 0 Å². The van der Waals surface area contributed by atoms with Crippen LogP contribution in [-0.4, -0.2) is 22.3 Å². The van der Waals surface area contributed by atoms with Gasteiger partial charge in [0.05, 0.1) is 0 Å². The fourth-order valence-corrected chi connectivity index (χ4v) is 0.865. The van der Waals surface area contributed by atoms with Crippen molar-refractivity contribution in [2.75, 3.05) is 0 Å². The second-order valence-corrected chi connectivity index (χ2v) is 2.86. The summed E-state index contributed by atoms with van der Waals surface area (Å²) in [5.74, 6) is -2.58. The summed E-state index contributed by atoms with van der Waals surface area (Å²) >= 11 is 1.18. The first-order valence-corrected chi connectivity index (χ1v) is 3.59. The molecule has 0 heterocycles. The predicted molar refractivity (Wildman–Crippen MR) is 31.7 cm³/mol. The van der Waals surface area contributed by atoms with Crippen molar-refractivity contribution in [2.45, 2.75) is 0 Å². The van der Waals surface area contributed by atoms with Crippen molar-refractivity contribution in [3.63, 3.8) is 0 Å². The number of halogens is 3. The molecule has 1 aromatic rings. The van der Waals surface area contributed by atoms with E-state index in [2.05, 4.69) is 0 Å². The van der Waals surface area contributed by atoms with Crippen molar-refractivity contribution in [1.82, 2.24) is 0 Å². The molecule has 0 nitrogen and oxygen atoms in total. The zero-order valence-corrected chi connectivity index (χ0v) is 7.03. The summed E-state index contributed by atoms with van der Waals surface area (Å²) in [5.41, 5.74) is 0. The van der Waals surface area contributed by atoms with Crippen LogP contribution < -0.4 is 3.61 Å². The standard InChI is InChI=1S/C6H2F3Te/c7-3-1-4(8)6(10)5(9)2-3/h1-2H. The molecule has 0 unspecified atom stereocenters. The van der Waals surface area contributed by atoms with Crippen molar-refractivity contribution >= 4 is 25.9 Å². The Morgan fingerprint density at radius 1 is 1.00 bits per heavy atom. The van der Waals surface area contributed by atoms with E-state index >= 15 is 0 Å². The van der Waals surface area contributed by atoms with E-state index < -0.39 is 17.5 Å². The molecule has 53 valence electrons. The number of benzene rings is 1. The average molecular weight is 259 g/mol. The summed E-state index contributed by atoms with van der Waals surface area (Å²) in [5, 5.41) is 0. The molecule has 0 saturated heterocycles. The summed E-state index contributed by atoms with van der Waals surface area (Å²) < 4.78 is 36.7. The Morgan fingerprint density at radius 2 is 1.40 bits per heavy atom. The van der Waals surface area contributed by atoms with Gasteiger partial charge in [0.15, 0.2) is 0 Å². The Morgan fingerprint density at radius 3 is 1.80 bits per heavy atom. The molecule has 0 aliphatic heterocycles. The van der Waals surface area contributed by atoms with Crippen molar-refractivity contribution in [1.29, 1.82) is 0 Å². The second kappa shape index (κ2) is 2.81. The minimum atomic E-state index is -0.887. The van der Waals surface area contributed by atoms with Crippen LogP contribution in [0.1, 0.15) is 0 Å². The summed E-state index contributed by atoms with van der Waals surface area (Å²) in [6, 6.07) is 1.31. The van der Waals surface area contributed by atoms with E-state index in [4.69, 9.17) is 0 Å². The van der Waals surface area contributed by atoms with Crippen molar-refractivity contribution in [3.05, 3.63) is 29.6 Å². The third kappa shape index (κ3) is 1.44. The van der Waals surface area contributed by atoms with Crippen LogP contribution in [0.25, 0.3) is 0 Å². The minimum absolute atomic E-state index is 0.141. The van der Waals surface area contributed by atoms with Gasteiger partial charge in [0.1, 0.15) is 0 Å². The molecule has 0 fully saturated rings. The Labute approximate surface area is 69.0 Å². The second-order valence-electron chi connectivity index (χ2n) is 1.70. The fourth-order valence-electron chi connectivity index (χ4n) is 0.529. The van der Waals surface area contributed by atoms with E-state index in [0.29, 0.717) is 12.1 Å². The maximum atomic E-state index is 12.4. The molecule has 4 heteroatoms. The van der Waals surface area contributed by atoms with Crippen molar-refractivity contribution < 1.29 is 13.2 Å². The molecular weight excluding hydrogens is 257 g/mol. The normalized spacial score (nSPS) is 9.90. The first kappa shape index (κ1) is 7.90. The van der Waals surface area contributed by atoms with E-state index in [0.717, 1.165) is 0 Å². The Balaban J connectivity index is 3.31. The zero-order chi connectivity index (χ0) is 7.72. The van der Waals surface area contributed by atoms with Gasteiger partial charge in [0.25, 0.3) is 0 Å². The molecule has 0 N–H and O–H groups in total. The summed E-state index contributed by atoms with van der Waals surface area (Å²) in [4.78, 5) is 0. The molecule has 0 aromatic heterocycles. The van der Waals surface area contributed by atoms with E-state index in [1.807, 2.05) is 0 Å². The quantitative estimate of drug-likeness (QED) is 0.607. The molecule has 0 amide bonds. The predicted octanol–water partition coefficient (Wildman–Crippen LogP) is 0.898. The van der Waals surface area contributed by atoms with Crippen LogP contribution in [0.5, 0.6) is 0 Å². The van der Waals surface area contributed by atoms with Gasteiger partial charge in [-0.25, -0.2) is 0 Å². The van der Waals surface area contributed by atoms with Gasteiger partial charge in [0, 0.05) is 0 Å². The summed E-state index contributed by atoms with van der Waals surface area (Å²) in [7, 11) is 0. The summed E-state index contributed by atoms with van der Waals surface area (Å²) in [6.45, 7) is 0. The Bertz CT molecular complexity index is 236. The van der Waals surface area contributed by atoms with Gasteiger partial charge in [-0.1, -0.05) is 0 Å². The van der Waals surface area contributed by atoms with Crippen LogP contribution in [0.4, 0.5) is 13.2 Å². The van der Waals surface area contributed by atoms with E-state index in [-0.39, 0.29) is 3.61 Å². The van der Waals surface area contributed by atoms with Crippen LogP contribution >= 0.6 is 0 Å². The molecule has 0 bridgehead atoms. The van der Waals surface area contributed by atoms with Gasteiger partial charge < -0.3 is 0 Å². The van der Waals surface area contributed by atoms with Gasteiger partial charge in [-0.3, -0.25) is 0 Å². The van der Waals surface area contributed by atoms with Crippen LogP contribution in [0, 0.1) is 17.5 Å². The van der Waals surface area contributed by atoms with Gasteiger partial charge in [-0.2, -0.15) is 0 Å². The number of rotatable bonds is 0. The number of hydrogen-bond acceptors (Lipinski definition) is 0. The third-order valence-corrected chi connectivity index (χ3v) is 2.08. The van der Waals surface area contributed by atoms with Crippen LogP contribution in [0.2, 0.25) is 0 Å². The molecule has 0 aliphatic carbocycles. The molecule has 0 spiro atoms. The molecular formula is C6H2F3Te. The van der Waals surface area contributed by atoms with Gasteiger partial charge in [0.2, 0.25) is 0 Å². The van der Waals surface area contributed by atoms with Gasteiger partial charge >= 0.3 is 68.7 Å². The maximum absolute atomic E-state index is 12.4. The van der Waals surface area contributed by atoms with Crippen LogP contribution in [0.3, 0.4) is 0 Å². The van der Waals surface area contributed by atoms with E-state index in [9.17, 15) is 13.2 Å². The Hall–Kier alpha value is -0.200. The Kier molecular flexibility index (Phi) is 2.22. The first-order chi connectivity index (χ1) is 4.61. The van der Waals surface area contributed by atoms with Gasteiger partial charge in [-0.05, 0) is 0 Å². The third-order valence-electron chi connectivity index (χ3n) is 0.963. The average Bonchev–Trinajstić information content (AvgIpc) is 1.82. The molecule has 1 radical (unpaired) electrons. The van der Waals surface area contributed by atoms with Crippen molar-refractivity contribution in [3.8, 4) is 0 Å². The van der Waals surface area contributed by atoms with Crippen LogP contribution in [0.15, 0.2) is 12.1 Å². The molecule has 10 heavy (non-hydrogen) atoms. The first-order valence-electron chi connectivity index (χ1n) is 2.43. The molecule has 1 aromatic carbocycles. The number of hydrogen-bond donors (Lipinski definition) is 0. The van der Waals surface area contributed by atoms with Crippen LogP contribution in [-0.2, 0) is 0 Å². The van der Waals surface area contributed by atoms with Crippen molar-refractivity contribution in [2.24, 2.45) is 0 Å². The molecule has 0 aliphatic rings. The monoisotopic (exact) mass is 261 g/mol. The zero-order valence-electron chi connectivity index (χ0n) is 4.70. The SMILES string of the molecule is Fc1cc(F)c([Te])c(F)c1. The van der Waals surface area contributed by atoms with E-state index in [1.54, 1.807) is 0 Å². The van der Waals surface area contributed by atoms with E-state index in [1.165, 1.54) is 22.3 Å².